The topological polar surface area (TPSA) is 80.7 Å². The molecule has 0 fully saturated rings. The van der Waals surface area contributed by atoms with Gasteiger partial charge in [0.15, 0.2) is 0 Å². The molecule has 0 unspecified atom stereocenters. The van der Waals surface area contributed by atoms with Crippen LogP contribution in [0.4, 0.5) is 0 Å². The van der Waals surface area contributed by atoms with E-state index in [0.29, 0.717) is 0 Å². The first kappa shape index (κ1) is 10.3. The van der Waals surface area contributed by atoms with Crippen molar-refractivity contribution in [2.75, 3.05) is 0 Å². The van der Waals surface area contributed by atoms with Crippen LogP contribution >= 0.6 is 0 Å². The van der Waals surface area contributed by atoms with Crippen LogP contribution in [-0.2, 0) is 19.1 Å². The molecule has 0 radical (unpaired) electrons. The van der Waals surface area contributed by atoms with E-state index in [1.807, 2.05) is 0 Å². The van der Waals surface area contributed by atoms with Crippen molar-refractivity contribution in [3.8, 4) is 0 Å². The maximum Gasteiger partial charge on any atom is 0.371 e. The fourth-order valence-electron chi connectivity index (χ4n) is 0.420. The van der Waals surface area contributed by atoms with Gasteiger partial charge in [-0.2, -0.15) is 0 Å². The second kappa shape index (κ2) is 4.27. The van der Waals surface area contributed by atoms with Crippen LogP contribution in [0.25, 0.3) is 0 Å². The third kappa shape index (κ3) is 4.21. The Morgan fingerprint density at radius 2 is 1.92 bits per heavy atom. The van der Waals surface area contributed by atoms with Crippen LogP contribution in [0.2, 0.25) is 0 Å². The van der Waals surface area contributed by atoms with Crippen molar-refractivity contribution in [2.24, 2.45) is 0 Å². The maximum atomic E-state index is 10.6. The van der Waals surface area contributed by atoms with Crippen molar-refractivity contribution in [3.63, 3.8) is 0 Å². The van der Waals surface area contributed by atoms with Gasteiger partial charge in [0.2, 0.25) is 5.76 Å². The summed E-state index contributed by atoms with van der Waals surface area (Å²) >= 11 is 0. The molecule has 66 valence electrons. The zero-order chi connectivity index (χ0) is 9.72. The first-order valence-corrected chi connectivity index (χ1v) is 3.05. The first-order valence-electron chi connectivity index (χ1n) is 3.05. The second-order valence-corrected chi connectivity index (χ2v) is 2.08. The Bertz CT molecular complexity index is 240. The highest BCUT2D eigenvalue weighted by atomic mass is 16.6. The van der Waals surface area contributed by atoms with E-state index in [1.165, 1.54) is 6.92 Å². The van der Waals surface area contributed by atoms with Gasteiger partial charge in [-0.25, -0.2) is 4.79 Å². The molecule has 0 bridgehead atoms. The zero-order valence-corrected chi connectivity index (χ0v) is 6.49. The van der Waals surface area contributed by atoms with Gasteiger partial charge in [0, 0.05) is 0 Å². The number of hydrogen-bond acceptors (Lipinski definition) is 4. The van der Waals surface area contributed by atoms with Crippen molar-refractivity contribution in [3.05, 3.63) is 12.3 Å². The molecule has 0 spiro atoms. The molecule has 0 aromatic heterocycles. The predicted molar refractivity (Wildman–Crippen MR) is 38.2 cm³/mol. The minimum absolute atomic E-state index is 0.391. The molecule has 0 saturated heterocycles. The van der Waals surface area contributed by atoms with E-state index in [4.69, 9.17) is 5.11 Å². The second-order valence-electron chi connectivity index (χ2n) is 2.08. The molecule has 0 aliphatic rings. The standard InChI is InChI=1S/C7H8O5/c1-4(8)3-6(9)12-5(2)7(10)11/h2-3H2,1H3,(H,10,11). The minimum atomic E-state index is -1.42. The molecule has 12 heavy (non-hydrogen) atoms. The zero-order valence-electron chi connectivity index (χ0n) is 6.49. The molecule has 0 heterocycles. The smallest absolute Gasteiger partial charge is 0.371 e. The molecule has 0 rings (SSSR count). The van der Waals surface area contributed by atoms with Crippen LogP contribution < -0.4 is 0 Å². The lowest BCUT2D eigenvalue weighted by Gasteiger charge is -2.00. The monoisotopic (exact) mass is 172 g/mol. The summed E-state index contributed by atoms with van der Waals surface area (Å²) in [4.78, 5) is 31.0. The van der Waals surface area contributed by atoms with Gasteiger partial charge in [-0.1, -0.05) is 0 Å². The number of esters is 1. The Morgan fingerprint density at radius 3 is 2.25 bits per heavy atom. The van der Waals surface area contributed by atoms with E-state index >= 15 is 0 Å². The molecule has 0 amide bonds. The van der Waals surface area contributed by atoms with Crippen molar-refractivity contribution < 1.29 is 24.2 Å². The number of aliphatic carboxylic acids is 1. The van der Waals surface area contributed by atoms with Crippen molar-refractivity contribution in [1.82, 2.24) is 0 Å². The van der Waals surface area contributed by atoms with Gasteiger partial charge < -0.3 is 9.84 Å². The van der Waals surface area contributed by atoms with Crippen LogP contribution in [0, 0.1) is 0 Å². The van der Waals surface area contributed by atoms with Crippen LogP contribution in [0.3, 0.4) is 0 Å². The highest BCUT2D eigenvalue weighted by Crippen LogP contribution is 1.97. The number of carbonyl (C=O) groups excluding carboxylic acids is 2. The molecular weight excluding hydrogens is 164 g/mol. The predicted octanol–water partition coefficient (Wildman–Crippen LogP) is 0.107. The minimum Gasteiger partial charge on any atom is -0.475 e. The summed E-state index contributed by atoms with van der Waals surface area (Å²) < 4.78 is 4.17. The Morgan fingerprint density at radius 1 is 1.42 bits per heavy atom. The Hall–Kier alpha value is -1.65. The number of carbonyl (C=O) groups is 3. The van der Waals surface area contributed by atoms with Crippen LogP contribution in [0.15, 0.2) is 12.3 Å². The van der Waals surface area contributed by atoms with Gasteiger partial charge >= 0.3 is 11.9 Å². The van der Waals surface area contributed by atoms with Crippen molar-refractivity contribution in [2.45, 2.75) is 13.3 Å². The summed E-state index contributed by atoms with van der Waals surface area (Å²) in [6.45, 7) is 4.15. The lowest BCUT2D eigenvalue weighted by atomic mass is 10.3. The number of carboxylic acid groups (broad SMARTS) is 1. The average Bonchev–Trinajstić information content (AvgIpc) is 1.84. The molecule has 5 nitrogen and oxygen atoms in total. The van der Waals surface area contributed by atoms with E-state index in [-0.39, 0.29) is 0 Å². The molecule has 0 aliphatic carbocycles. The lowest BCUT2D eigenvalue weighted by molar-refractivity contribution is -0.149. The first-order chi connectivity index (χ1) is 5.43. The molecule has 0 aromatic rings. The van der Waals surface area contributed by atoms with Gasteiger partial charge in [-0.3, -0.25) is 9.59 Å². The molecule has 5 heteroatoms. The number of ketones is 1. The summed E-state index contributed by atoms with van der Waals surface area (Å²) in [5.41, 5.74) is 0. The van der Waals surface area contributed by atoms with Crippen LogP contribution in [0.1, 0.15) is 13.3 Å². The summed E-state index contributed by atoms with van der Waals surface area (Å²) in [6, 6.07) is 0. The number of hydrogen-bond donors (Lipinski definition) is 1. The summed E-state index contributed by atoms with van der Waals surface area (Å²) in [6.07, 6.45) is -0.438. The third-order valence-corrected chi connectivity index (χ3v) is 0.869. The average molecular weight is 172 g/mol. The van der Waals surface area contributed by atoms with Gasteiger partial charge in [0.1, 0.15) is 12.2 Å². The highest BCUT2D eigenvalue weighted by molar-refractivity contribution is 5.96. The van der Waals surface area contributed by atoms with Crippen molar-refractivity contribution in [1.29, 1.82) is 0 Å². The van der Waals surface area contributed by atoms with Gasteiger partial charge in [0.05, 0.1) is 0 Å². The van der Waals surface area contributed by atoms with Crippen LogP contribution in [0.5, 0.6) is 0 Å². The lowest BCUT2D eigenvalue weighted by Crippen LogP contribution is -2.12. The SMILES string of the molecule is C=C(OC(=O)CC(C)=O)C(=O)O. The van der Waals surface area contributed by atoms with E-state index < -0.39 is 29.9 Å². The molecular formula is C7H8O5. The Balaban J connectivity index is 3.94. The van der Waals surface area contributed by atoms with Crippen molar-refractivity contribution >= 4 is 17.7 Å². The molecule has 0 aromatic carbocycles. The quantitative estimate of drug-likeness (QED) is 0.281. The van der Waals surface area contributed by atoms with E-state index in [9.17, 15) is 14.4 Å². The highest BCUT2D eigenvalue weighted by Gasteiger charge is 2.12. The summed E-state index contributed by atoms with van der Waals surface area (Å²) in [7, 11) is 0. The molecule has 1 N–H and O–H groups in total. The number of carboxylic acids is 1. The maximum absolute atomic E-state index is 10.6. The third-order valence-electron chi connectivity index (χ3n) is 0.869. The largest absolute Gasteiger partial charge is 0.475 e. The van der Waals surface area contributed by atoms with E-state index in [2.05, 4.69) is 11.3 Å². The van der Waals surface area contributed by atoms with E-state index in [1.54, 1.807) is 0 Å². The Labute approximate surface area is 68.6 Å². The molecule has 0 atom stereocenters. The molecule has 0 saturated carbocycles. The number of ether oxygens (including phenoxy) is 1. The summed E-state index contributed by atoms with van der Waals surface area (Å²) in [5, 5.41) is 8.20. The van der Waals surface area contributed by atoms with Gasteiger partial charge in [-0.15, -0.1) is 0 Å². The Kier molecular flexibility index (Phi) is 3.69. The van der Waals surface area contributed by atoms with Gasteiger partial charge in [0.25, 0.3) is 0 Å². The number of Topliss-reactive ketones (excluding diaryl/α,β-unsaturated/α-hetero) is 1. The molecule has 0 aliphatic heterocycles. The fraction of sp³-hybridized carbons (Fsp3) is 0.286. The number of rotatable bonds is 4. The van der Waals surface area contributed by atoms with Crippen LogP contribution in [-0.4, -0.2) is 22.8 Å². The normalized spacial score (nSPS) is 8.75. The fourth-order valence-corrected chi connectivity index (χ4v) is 0.420. The van der Waals surface area contributed by atoms with E-state index in [0.717, 1.165) is 0 Å². The summed E-state index contributed by atoms with van der Waals surface area (Å²) in [5.74, 6) is -3.40. The van der Waals surface area contributed by atoms with Gasteiger partial charge in [-0.05, 0) is 13.5 Å².